The summed E-state index contributed by atoms with van der Waals surface area (Å²) in [5.74, 6) is 0. The van der Waals surface area contributed by atoms with Crippen molar-refractivity contribution < 1.29 is 17.9 Å². The molecule has 202 valence electrons. The van der Waals surface area contributed by atoms with Crippen LogP contribution in [0.5, 0.6) is 0 Å². The van der Waals surface area contributed by atoms with Crippen LogP contribution in [-0.2, 0) is 10.9 Å². The van der Waals surface area contributed by atoms with Gasteiger partial charge in [-0.25, -0.2) is 4.99 Å². The largest absolute Gasteiger partial charge is 0.416 e. The average Bonchev–Trinajstić information content (AvgIpc) is 2.85. The monoisotopic (exact) mass is 544 g/mol. The normalized spacial score (nSPS) is 13.6. The molecule has 0 aliphatic heterocycles. The SMILES string of the molecule is C/C=C(C#N)\C(Cl)=C/C(C)OCC/C=C(\CC)N=C(SC)c1ccc(C(F)(F)F)cc1.CC.CCC. The number of hydrogen-bond donors (Lipinski definition) is 0. The van der Waals surface area contributed by atoms with Gasteiger partial charge in [-0.3, -0.25) is 0 Å². The molecule has 1 aromatic rings. The fourth-order valence-corrected chi connectivity index (χ4v) is 3.42. The molecule has 3 nitrogen and oxygen atoms in total. The van der Waals surface area contributed by atoms with Crippen LogP contribution in [0.15, 0.2) is 63.8 Å². The molecule has 0 spiro atoms. The van der Waals surface area contributed by atoms with Gasteiger partial charge in [0.15, 0.2) is 0 Å². The number of ether oxygens (including phenoxy) is 1. The third kappa shape index (κ3) is 15.2. The van der Waals surface area contributed by atoms with Crippen LogP contribution in [0, 0.1) is 11.3 Å². The van der Waals surface area contributed by atoms with Gasteiger partial charge in [-0.05, 0) is 51.2 Å². The van der Waals surface area contributed by atoms with Crippen molar-refractivity contribution in [2.24, 2.45) is 4.99 Å². The third-order valence-electron chi connectivity index (χ3n) is 4.19. The van der Waals surface area contributed by atoms with E-state index in [2.05, 4.69) is 18.8 Å². The fourth-order valence-electron chi connectivity index (χ4n) is 2.51. The molecule has 8 heteroatoms. The van der Waals surface area contributed by atoms with E-state index in [0.717, 1.165) is 17.8 Å². The van der Waals surface area contributed by atoms with Gasteiger partial charge < -0.3 is 4.74 Å². The molecule has 0 bridgehead atoms. The minimum Gasteiger partial charge on any atom is -0.374 e. The predicted molar refractivity (Wildman–Crippen MR) is 151 cm³/mol. The lowest BCUT2D eigenvalue weighted by Gasteiger charge is -2.10. The molecule has 0 saturated heterocycles. The van der Waals surface area contributed by atoms with Gasteiger partial charge in [-0.1, -0.05) is 76.9 Å². The molecule has 36 heavy (non-hydrogen) atoms. The molecule has 0 N–H and O–H groups in total. The van der Waals surface area contributed by atoms with Gasteiger partial charge in [-0.15, -0.1) is 11.8 Å². The van der Waals surface area contributed by atoms with E-state index in [1.165, 1.54) is 30.3 Å². The van der Waals surface area contributed by atoms with Crippen molar-refractivity contribution in [2.45, 2.75) is 80.0 Å². The Morgan fingerprint density at radius 1 is 1.19 bits per heavy atom. The Kier molecular flexibility index (Phi) is 21.2. The van der Waals surface area contributed by atoms with Gasteiger partial charge >= 0.3 is 6.18 Å². The summed E-state index contributed by atoms with van der Waals surface area (Å²) in [5, 5.41) is 9.99. The highest BCUT2D eigenvalue weighted by Crippen LogP contribution is 2.29. The minimum absolute atomic E-state index is 0.258. The van der Waals surface area contributed by atoms with Crippen LogP contribution in [0.3, 0.4) is 0 Å². The number of thioether (sulfide) groups is 1. The summed E-state index contributed by atoms with van der Waals surface area (Å²) in [5.41, 5.74) is 1.18. The van der Waals surface area contributed by atoms with Crippen molar-refractivity contribution in [3.63, 3.8) is 0 Å². The standard InChI is InChI=1S/C23H26ClF3N2OS.C3H8.C2H6/c1-5-17(15-28)21(24)14-16(3)30-13-7-8-20(6-2)29-22(31-4)18-9-11-19(12-10-18)23(25,26)27;1-3-2;1-2/h5,8-12,14,16H,6-7,13H2,1-4H3;3H2,1-2H3;1-2H3/b17-5-,20-8+,21-14+,29-22?;;. The van der Waals surface area contributed by atoms with Gasteiger partial charge in [0.05, 0.1) is 28.9 Å². The number of aliphatic imine (C=N–C) groups is 1. The fraction of sp³-hybridized carbons (Fsp3) is 0.500. The lowest BCUT2D eigenvalue weighted by atomic mass is 10.1. The molecule has 0 aromatic heterocycles. The molecule has 1 atom stereocenters. The molecule has 1 unspecified atom stereocenters. The summed E-state index contributed by atoms with van der Waals surface area (Å²) in [4.78, 5) is 4.61. The summed E-state index contributed by atoms with van der Waals surface area (Å²) in [6.45, 7) is 14.2. The first kappa shape index (κ1) is 36.1. The second kappa shape index (κ2) is 21.1. The first-order chi connectivity index (χ1) is 17.1. The number of nitrogens with zero attached hydrogens (tertiary/aromatic N) is 2. The van der Waals surface area contributed by atoms with Gasteiger partial charge in [0, 0.05) is 11.3 Å². The van der Waals surface area contributed by atoms with E-state index >= 15 is 0 Å². The third-order valence-corrected chi connectivity index (χ3v) is 5.23. The van der Waals surface area contributed by atoms with Crippen molar-refractivity contribution in [1.82, 2.24) is 0 Å². The molecular weight excluding hydrogens is 505 g/mol. The van der Waals surface area contributed by atoms with Crippen LogP contribution >= 0.6 is 23.4 Å². The summed E-state index contributed by atoms with van der Waals surface area (Å²) >= 11 is 7.47. The van der Waals surface area contributed by atoms with Crippen LogP contribution in [0.1, 0.15) is 78.9 Å². The van der Waals surface area contributed by atoms with Gasteiger partial charge in [-0.2, -0.15) is 18.4 Å². The number of rotatable bonds is 9. The first-order valence-corrected chi connectivity index (χ1v) is 13.7. The summed E-state index contributed by atoms with van der Waals surface area (Å²) < 4.78 is 44.0. The van der Waals surface area contributed by atoms with Crippen molar-refractivity contribution >= 4 is 28.4 Å². The average molecular weight is 545 g/mol. The smallest absolute Gasteiger partial charge is 0.374 e. The Bertz CT molecular complexity index is 899. The van der Waals surface area contributed by atoms with Crippen LogP contribution in [-0.4, -0.2) is 24.0 Å². The van der Waals surface area contributed by atoms with Gasteiger partial charge in [0.1, 0.15) is 11.1 Å². The lowest BCUT2D eigenvalue weighted by molar-refractivity contribution is -0.137. The number of nitriles is 1. The highest BCUT2D eigenvalue weighted by atomic mass is 35.5. The molecule has 0 saturated carbocycles. The molecular formula is C28H40ClF3N2OS. The van der Waals surface area contributed by atoms with E-state index < -0.39 is 11.7 Å². The Labute approximate surface area is 225 Å². The summed E-state index contributed by atoms with van der Waals surface area (Å²) in [7, 11) is 0. The molecule has 1 aromatic carbocycles. The van der Waals surface area contributed by atoms with Crippen LogP contribution in [0.2, 0.25) is 0 Å². The van der Waals surface area contributed by atoms with E-state index in [0.29, 0.717) is 40.7 Å². The maximum absolute atomic E-state index is 12.8. The number of alkyl halides is 3. The second-order valence-corrected chi connectivity index (χ2v) is 8.35. The highest BCUT2D eigenvalue weighted by molar-refractivity contribution is 8.13. The Hall–Kier alpha value is -2.01. The van der Waals surface area contributed by atoms with Crippen LogP contribution in [0.25, 0.3) is 0 Å². The van der Waals surface area contributed by atoms with Gasteiger partial charge in [0.2, 0.25) is 0 Å². The molecule has 0 aliphatic carbocycles. The number of halogens is 4. The zero-order chi connectivity index (χ0) is 28.1. The zero-order valence-corrected chi connectivity index (χ0v) is 24.2. The Balaban J connectivity index is 0. The number of benzene rings is 1. The Morgan fingerprint density at radius 3 is 2.17 bits per heavy atom. The summed E-state index contributed by atoms with van der Waals surface area (Å²) in [6.07, 6.45) is 5.04. The maximum Gasteiger partial charge on any atom is 0.416 e. The maximum atomic E-state index is 12.8. The molecule has 0 amide bonds. The molecule has 0 radical (unpaired) electrons. The molecule has 1 rings (SSSR count). The van der Waals surface area contributed by atoms with E-state index in [-0.39, 0.29) is 6.10 Å². The minimum atomic E-state index is -4.36. The van der Waals surface area contributed by atoms with E-state index in [9.17, 15) is 13.2 Å². The quantitative estimate of drug-likeness (QED) is 0.102. The van der Waals surface area contributed by atoms with Crippen LogP contribution < -0.4 is 0 Å². The van der Waals surface area contributed by atoms with E-state index in [4.69, 9.17) is 21.6 Å². The molecule has 0 heterocycles. The Morgan fingerprint density at radius 2 is 1.75 bits per heavy atom. The second-order valence-electron chi connectivity index (χ2n) is 7.15. The molecule has 0 aliphatic rings. The summed E-state index contributed by atoms with van der Waals surface area (Å²) in [6, 6.07) is 7.02. The number of hydrogen-bond acceptors (Lipinski definition) is 4. The molecule has 0 fully saturated rings. The highest BCUT2D eigenvalue weighted by Gasteiger charge is 2.30. The number of allylic oxidation sites excluding steroid dienone is 4. The van der Waals surface area contributed by atoms with Crippen molar-refractivity contribution in [3.05, 3.63) is 69.9 Å². The first-order valence-electron chi connectivity index (χ1n) is 12.1. The van der Waals surface area contributed by atoms with E-state index in [1.54, 1.807) is 19.1 Å². The zero-order valence-electron chi connectivity index (χ0n) is 22.7. The lowest BCUT2D eigenvalue weighted by Crippen LogP contribution is -2.06. The van der Waals surface area contributed by atoms with Crippen molar-refractivity contribution in [1.29, 1.82) is 5.26 Å². The van der Waals surface area contributed by atoms with Crippen LogP contribution in [0.4, 0.5) is 13.2 Å². The van der Waals surface area contributed by atoms with Gasteiger partial charge in [0.25, 0.3) is 0 Å². The predicted octanol–water partition coefficient (Wildman–Crippen LogP) is 9.94. The van der Waals surface area contributed by atoms with E-state index in [1.807, 2.05) is 46.1 Å². The van der Waals surface area contributed by atoms with Crippen molar-refractivity contribution in [2.75, 3.05) is 12.9 Å². The van der Waals surface area contributed by atoms with Crippen molar-refractivity contribution in [3.8, 4) is 6.07 Å². The topological polar surface area (TPSA) is 45.4 Å².